The van der Waals surface area contributed by atoms with Crippen LogP contribution in [-0.2, 0) is 6.42 Å². The van der Waals surface area contributed by atoms with Crippen LogP contribution in [0.3, 0.4) is 0 Å². The lowest BCUT2D eigenvalue weighted by molar-refractivity contribution is 0.0992. The standard InChI is InChI=1S/C23H21N5O4/c1-12-8-16(32-28-12)11-19-20(23(25)30)21(26-14-4-3-5-15(10-14)31-2)17-9-13(22(24)29)6-7-18(17)27-19/h3-10H,11H2,1-2H3,(H2,24,29)(H2,25,30)(H,26,27). The summed E-state index contributed by atoms with van der Waals surface area (Å²) in [7, 11) is 1.56. The molecule has 2 aromatic carbocycles. The number of hydrogen-bond donors (Lipinski definition) is 3. The zero-order valence-electron chi connectivity index (χ0n) is 17.5. The number of nitrogens with two attached hydrogens (primary N) is 2. The average molecular weight is 431 g/mol. The van der Waals surface area contributed by atoms with E-state index in [9.17, 15) is 9.59 Å². The fourth-order valence-corrected chi connectivity index (χ4v) is 3.50. The number of amides is 2. The van der Waals surface area contributed by atoms with Crippen LogP contribution in [0.4, 0.5) is 11.4 Å². The number of primary amides is 2. The Kier molecular flexibility index (Phi) is 5.46. The number of aryl methyl sites for hydroxylation is 1. The zero-order valence-corrected chi connectivity index (χ0v) is 17.5. The highest BCUT2D eigenvalue weighted by Gasteiger charge is 2.22. The topological polar surface area (TPSA) is 146 Å². The Labute approximate surface area is 183 Å². The number of anilines is 2. The van der Waals surface area contributed by atoms with Gasteiger partial charge in [-0.05, 0) is 37.3 Å². The molecule has 0 fully saturated rings. The molecule has 5 N–H and O–H groups in total. The third kappa shape index (κ3) is 4.08. The first-order valence-corrected chi connectivity index (χ1v) is 9.75. The van der Waals surface area contributed by atoms with Gasteiger partial charge in [0.05, 0.1) is 41.7 Å². The summed E-state index contributed by atoms with van der Waals surface area (Å²) in [6, 6.07) is 13.8. The third-order valence-electron chi connectivity index (χ3n) is 4.95. The normalized spacial score (nSPS) is 10.8. The monoisotopic (exact) mass is 431 g/mol. The molecule has 0 unspecified atom stereocenters. The van der Waals surface area contributed by atoms with E-state index in [4.69, 9.17) is 20.7 Å². The molecule has 0 aliphatic carbocycles. The molecule has 0 bridgehead atoms. The third-order valence-corrected chi connectivity index (χ3v) is 4.95. The van der Waals surface area contributed by atoms with Crippen LogP contribution in [0.15, 0.2) is 53.1 Å². The molecule has 2 amide bonds. The summed E-state index contributed by atoms with van der Waals surface area (Å²) in [6.45, 7) is 1.80. The molecule has 2 heterocycles. The molecular weight excluding hydrogens is 410 g/mol. The molecule has 9 heteroatoms. The SMILES string of the molecule is COc1cccc(Nc2c(C(N)=O)c(Cc3cc(C)no3)nc3ccc(C(N)=O)cc23)c1. The predicted octanol–water partition coefficient (Wildman–Crippen LogP) is 3.07. The van der Waals surface area contributed by atoms with Gasteiger partial charge in [-0.15, -0.1) is 0 Å². The van der Waals surface area contributed by atoms with Crippen molar-refractivity contribution in [3.8, 4) is 5.75 Å². The number of aromatic nitrogens is 2. The van der Waals surface area contributed by atoms with Gasteiger partial charge in [0.15, 0.2) is 0 Å². The van der Waals surface area contributed by atoms with Crippen LogP contribution in [0.2, 0.25) is 0 Å². The second-order valence-corrected chi connectivity index (χ2v) is 7.24. The van der Waals surface area contributed by atoms with Crippen molar-refractivity contribution in [3.05, 3.63) is 76.8 Å². The maximum Gasteiger partial charge on any atom is 0.252 e. The van der Waals surface area contributed by atoms with Crippen molar-refractivity contribution in [2.45, 2.75) is 13.3 Å². The summed E-state index contributed by atoms with van der Waals surface area (Å²) < 4.78 is 10.6. The van der Waals surface area contributed by atoms with Crippen molar-refractivity contribution >= 4 is 34.1 Å². The molecule has 0 atom stereocenters. The minimum Gasteiger partial charge on any atom is -0.497 e. The van der Waals surface area contributed by atoms with E-state index in [0.29, 0.717) is 45.2 Å². The van der Waals surface area contributed by atoms with Crippen LogP contribution in [0.1, 0.15) is 37.9 Å². The van der Waals surface area contributed by atoms with Crippen LogP contribution >= 0.6 is 0 Å². The van der Waals surface area contributed by atoms with Crippen molar-refractivity contribution in [3.63, 3.8) is 0 Å². The second-order valence-electron chi connectivity index (χ2n) is 7.24. The molecule has 0 aliphatic heterocycles. The van der Waals surface area contributed by atoms with Gasteiger partial charge in [0.25, 0.3) is 5.91 Å². The number of nitrogens with zero attached hydrogens (tertiary/aromatic N) is 2. The van der Waals surface area contributed by atoms with Gasteiger partial charge in [0.1, 0.15) is 11.5 Å². The van der Waals surface area contributed by atoms with Gasteiger partial charge in [-0.1, -0.05) is 11.2 Å². The molecule has 4 rings (SSSR count). The van der Waals surface area contributed by atoms with Gasteiger partial charge in [-0.25, -0.2) is 0 Å². The van der Waals surface area contributed by atoms with Crippen LogP contribution in [0, 0.1) is 6.92 Å². The number of fused-ring (bicyclic) bond motifs is 1. The Morgan fingerprint density at radius 2 is 1.91 bits per heavy atom. The average Bonchev–Trinajstić information content (AvgIpc) is 3.17. The van der Waals surface area contributed by atoms with Crippen molar-refractivity contribution in [1.82, 2.24) is 10.1 Å². The molecule has 0 aliphatic rings. The second kappa shape index (κ2) is 8.38. The number of ether oxygens (including phenoxy) is 1. The van der Waals surface area contributed by atoms with E-state index in [2.05, 4.69) is 15.5 Å². The largest absolute Gasteiger partial charge is 0.497 e. The Morgan fingerprint density at radius 1 is 1.09 bits per heavy atom. The highest BCUT2D eigenvalue weighted by atomic mass is 16.5. The van der Waals surface area contributed by atoms with Crippen molar-refractivity contribution < 1.29 is 18.8 Å². The fraction of sp³-hybridized carbons (Fsp3) is 0.130. The smallest absolute Gasteiger partial charge is 0.252 e. The molecule has 0 spiro atoms. The van der Waals surface area contributed by atoms with Crippen LogP contribution in [0.5, 0.6) is 5.75 Å². The van der Waals surface area contributed by atoms with E-state index in [-0.39, 0.29) is 17.5 Å². The Hall–Kier alpha value is -4.40. The van der Waals surface area contributed by atoms with Gasteiger partial charge in [-0.2, -0.15) is 0 Å². The van der Waals surface area contributed by atoms with E-state index >= 15 is 0 Å². The fourth-order valence-electron chi connectivity index (χ4n) is 3.50. The summed E-state index contributed by atoms with van der Waals surface area (Å²) in [5.74, 6) is -0.108. The number of methoxy groups -OCH3 is 1. The summed E-state index contributed by atoms with van der Waals surface area (Å²) in [5.41, 5.74) is 14.5. The first kappa shape index (κ1) is 20.9. The van der Waals surface area contributed by atoms with E-state index in [1.165, 1.54) is 0 Å². The first-order valence-electron chi connectivity index (χ1n) is 9.75. The minimum atomic E-state index is -0.680. The highest BCUT2D eigenvalue weighted by molar-refractivity contribution is 6.10. The Bertz CT molecular complexity index is 1350. The quantitative estimate of drug-likeness (QED) is 0.407. The molecule has 162 valence electrons. The van der Waals surface area contributed by atoms with Crippen LogP contribution in [0.25, 0.3) is 10.9 Å². The number of carbonyl (C=O) groups excluding carboxylic acids is 2. The zero-order chi connectivity index (χ0) is 22.8. The number of hydrogen-bond acceptors (Lipinski definition) is 7. The van der Waals surface area contributed by atoms with Gasteiger partial charge >= 0.3 is 0 Å². The Balaban J connectivity index is 1.96. The summed E-state index contributed by atoms with van der Waals surface area (Å²) in [4.78, 5) is 29.0. The van der Waals surface area contributed by atoms with E-state index in [0.717, 1.165) is 0 Å². The van der Waals surface area contributed by atoms with Crippen molar-refractivity contribution in [1.29, 1.82) is 0 Å². The van der Waals surface area contributed by atoms with Crippen molar-refractivity contribution in [2.75, 3.05) is 12.4 Å². The Morgan fingerprint density at radius 3 is 2.56 bits per heavy atom. The van der Waals surface area contributed by atoms with E-state index < -0.39 is 11.8 Å². The van der Waals surface area contributed by atoms with Gasteiger partial charge in [0.2, 0.25) is 5.91 Å². The maximum absolute atomic E-state index is 12.6. The number of pyridine rings is 1. The molecule has 9 nitrogen and oxygen atoms in total. The lowest BCUT2D eigenvalue weighted by Gasteiger charge is -2.17. The van der Waals surface area contributed by atoms with E-state index in [1.807, 2.05) is 12.1 Å². The highest BCUT2D eigenvalue weighted by Crippen LogP contribution is 2.33. The number of rotatable bonds is 7. The van der Waals surface area contributed by atoms with Crippen LogP contribution < -0.4 is 21.5 Å². The molecule has 32 heavy (non-hydrogen) atoms. The van der Waals surface area contributed by atoms with Gasteiger partial charge in [-0.3, -0.25) is 14.6 Å². The molecule has 0 saturated carbocycles. The van der Waals surface area contributed by atoms with E-state index in [1.54, 1.807) is 50.4 Å². The predicted molar refractivity (Wildman–Crippen MR) is 119 cm³/mol. The molecule has 0 saturated heterocycles. The molecule has 0 radical (unpaired) electrons. The number of benzene rings is 2. The lowest BCUT2D eigenvalue weighted by Crippen LogP contribution is -2.18. The molecule has 4 aromatic rings. The summed E-state index contributed by atoms with van der Waals surface area (Å²) in [5, 5.41) is 7.66. The van der Waals surface area contributed by atoms with Crippen LogP contribution in [-0.4, -0.2) is 29.1 Å². The van der Waals surface area contributed by atoms with Gasteiger partial charge < -0.3 is 26.0 Å². The minimum absolute atomic E-state index is 0.177. The summed E-state index contributed by atoms with van der Waals surface area (Å²) in [6.07, 6.45) is 0.208. The first-order chi connectivity index (χ1) is 15.4. The number of carbonyl (C=O) groups is 2. The van der Waals surface area contributed by atoms with Crippen molar-refractivity contribution in [2.24, 2.45) is 11.5 Å². The van der Waals surface area contributed by atoms with Gasteiger partial charge in [0, 0.05) is 28.8 Å². The summed E-state index contributed by atoms with van der Waals surface area (Å²) >= 11 is 0. The molecular formula is C23H21N5O4. The lowest BCUT2D eigenvalue weighted by atomic mass is 10.00. The number of nitrogens with one attached hydrogen (secondary N) is 1. The molecule has 2 aromatic heterocycles. The maximum atomic E-state index is 12.6.